The number of ether oxygens (including phenoxy) is 1. The van der Waals surface area contributed by atoms with Gasteiger partial charge >= 0.3 is 5.97 Å². The van der Waals surface area contributed by atoms with Crippen molar-refractivity contribution in [1.82, 2.24) is 0 Å². The Balaban J connectivity index is 2.29. The number of hydrogen-bond donors (Lipinski definition) is 2. The molecule has 1 saturated carbocycles. The zero-order valence-corrected chi connectivity index (χ0v) is 19.2. The molecule has 4 atom stereocenters. The first kappa shape index (κ1) is 26.8. The van der Waals surface area contributed by atoms with E-state index in [1.165, 1.54) is 19.3 Å². The van der Waals surface area contributed by atoms with Gasteiger partial charge in [-0.05, 0) is 56.8 Å². The first-order valence-electron chi connectivity index (χ1n) is 12.2. The van der Waals surface area contributed by atoms with Gasteiger partial charge in [0.1, 0.15) is 5.78 Å². The van der Waals surface area contributed by atoms with E-state index in [9.17, 15) is 19.8 Å². The van der Waals surface area contributed by atoms with Crippen LogP contribution in [0.25, 0.3) is 0 Å². The largest absolute Gasteiger partial charge is 0.466 e. The van der Waals surface area contributed by atoms with Crippen molar-refractivity contribution in [2.75, 3.05) is 6.61 Å². The van der Waals surface area contributed by atoms with Crippen LogP contribution in [0.5, 0.6) is 0 Å². The standard InChI is InChI=1S/C25H44O5/c1-3-5-6-7-10-13-20(26)16-17-22-21(23(27)19-24(22)28)14-11-8-9-12-15-25(29)30-18-4-2/h8,11,21-24,27-28H,3-7,9-10,12-19H2,1-2H3/b11-8-/t21-,22-,23+,24-/m1/s1. The lowest BCUT2D eigenvalue weighted by Crippen LogP contribution is -2.22. The lowest BCUT2D eigenvalue weighted by Gasteiger charge is -2.22. The Labute approximate surface area is 183 Å². The molecule has 0 unspecified atom stereocenters. The lowest BCUT2D eigenvalue weighted by molar-refractivity contribution is -0.143. The van der Waals surface area contributed by atoms with E-state index in [-0.39, 0.29) is 23.6 Å². The number of hydrogen-bond acceptors (Lipinski definition) is 5. The van der Waals surface area contributed by atoms with Crippen molar-refractivity contribution in [3.05, 3.63) is 12.2 Å². The van der Waals surface area contributed by atoms with E-state index in [2.05, 4.69) is 6.92 Å². The number of aliphatic hydroxyl groups is 2. The van der Waals surface area contributed by atoms with Crippen LogP contribution in [0, 0.1) is 11.8 Å². The van der Waals surface area contributed by atoms with E-state index >= 15 is 0 Å². The predicted molar refractivity (Wildman–Crippen MR) is 120 cm³/mol. The fourth-order valence-electron chi connectivity index (χ4n) is 4.31. The van der Waals surface area contributed by atoms with Crippen LogP contribution in [0.1, 0.15) is 104 Å². The van der Waals surface area contributed by atoms with Crippen LogP contribution in [0.3, 0.4) is 0 Å². The second-order valence-corrected chi connectivity index (χ2v) is 8.76. The molecule has 1 rings (SSSR count). The smallest absolute Gasteiger partial charge is 0.305 e. The number of unbranched alkanes of at least 4 members (excludes halogenated alkanes) is 5. The summed E-state index contributed by atoms with van der Waals surface area (Å²) in [6.07, 6.45) is 14.5. The Hall–Kier alpha value is -1.20. The third-order valence-corrected chi connectivity index (χ3v) is 6.13. The van der Waals surface area contributed by atoms with Gasteiger partial charge in [0.05, 0.1) is 18.8 Å². The fraction of sp³-hybridized carbons (Fsp3) is 0.840. The number of carbonyl (C=O) groups excluding carboxylic acids is 2. The average Bonchev–Trinajstić information content (AvgIpc) is 2.99. The highest BCUT2D eigenvalue weighted by Crippen LogP contribution is 2.38. The fourth-order valence-corrected chi connectivity index (χ4v) is 4.31. The molecule has 0 amide bonds. The summed E-state index contributed by atoms with van der Waals surface area (Å²) in [6, 6.07) is 0. The van der Waals surface area contributed by atoms with E-state index in [1.54, 1.807) is 0 Å². The van der Waals surface area contributed by atoms with Crippen molar-refractivity contribution in [2.45, 2.75) is 116 Å². The second-order valence-electron chi connectivity index (χ2n) is 8.76. The van der Waals surface area contributed by atoms with Crippen LogP contribution in [0.15, 0.2) is 12.2 Å². The molecule has 5 heteroatoms. The molecule has 30 heavy (non-hydrogen) atoms. The summed E-state index contributed by atoms with van der Waals surface area (Å²) in [6.45, 7) is 4.64. The van der Waals surface area contributed by atoms with Crippen molar-refractivity contribution in [1.29, 1.82) is 0 Å². The molecule has 0 saturated heterocycles. The molecule has 0 spiro atoms. The molecule has 1 aliphatic rings. The average molecular weight is 425 g/mol. The molecule has 174 valence electrons. The van der Waals surface area contributed by atoms with Crippen LogP contribution in [-0.4, -0.2) is 40.8 Å². The van der Waals surface area contributed by atoms with E-state index in [0.717, 1.165) is 32.1 Å². The SMILES string of the molecule is CCCCCCCC(=O)CC[C@@H]1[C@@H](C/C=C\CCCC(=O)OCCC)[C@@H](O)C[C@H]1O. The Bertz CT molecular complexity index is 502. The molecule has 1 fully saturated rings. The summed E-state index contributed by atoms with van der Waals surface area (Å²) < 4.78 is 5.06. The van der Waals surface area contributed by atoms with Gasteiger partial charge in [0.15, 0.2) is 0 Å². The predicted octanol–water partition coefficient (Wildman–Crippen LogP) is 5.12. The molecular weight excluding hydrogens is 380 g/mol. The van der Waals surface area contributed by atoms with Gasteiger partial charge in [0, 0.05) is 19.3 Å². The second kappa shape index (κ2) is 16.5. The van der Waals surface area contributed by atoms with Gasteiger partial charge in [-0.1, -0.05) is 51.7 Å². The molecule has 0 radical (unpaired) electrons. The molecular formula is C25H44O5. The number of allylic oxidation sites excluding steroid dienone is 2. The van der Waals surface area contributed by atoms with Gasteiger partial charge in [-0.2, -0.15) is 0 Å². The minimum absolute atomic E-state index is 0.00289. The van der Waals surface area contributed by atoms with Gasteiger partial charge in [0.25, 0.3) is 0 Å². The monoisotopic (exact) mass is 424 g/mol. The highest BCUT2D eigenvalue weighted by molar-refractivity contribution is 5.78. The Kier molecular flexibility index (Phi) is 14.7. The molecule has 0 bridgehead atoms. The first-order valence-corrected chi connectivity index (χ1v) is 12.2. The van der Waals surface area contributed by atoms with Gasteiger partial charge in [0.2, 0.25) is 0 Å². The van der Waals surface area contributed by atoms with Gasteiger partial charge < -0.3 is 14.9 Å². The molecule has 0 heterocycles. The van der Waals surface area contributed by atoms with Crippen molar-refractivity contribution >= 4 is 11.8 Å². The number of rotatable bonds is 17. The molecule has 0 aromatic carbocycles. The normalized spacial score (nSPS) is 23.9. The molecule has 5 nitrogen and oxygen atoms in total. The maximum atomic E-state index is 12.2. The summed E-state index contributed by atoms with van der Waals surface area (Å²) >= 11 is 0. The Morgan fingerprint density at radius 3 is 2.33 bits per heavy atom. The van der Waals surface area contributed by atoms with Gasteiger partial charge in [-0.25, -0.2) is 0 Å². The van der Waals surface area contributed by atoms with E-state index < -0.39 is 12.2 Å². The lowest BCUT2D eigenvalue weighted by atomic mass is 9.86. The summed E-state index contributed by atoms with van der Waals surface area (Å²) in [5.74, 6) is 0.125. The third-order valence-electron chi connectivity index (χ3n) is 6.13. The number of esters is 1. The minimum atomic E-state index is -0.524. The van der Waals surface area contributed by atoms with Gasteiger partial charge in [-0.15, -0.1) is 0 Å². The van der Waals surface area contributed by atoms with E-state index in [0.29, 0.717) is 45.1 Å². The third kappa shape index (κ3) is 11.3. The van der Waals surface area contributed by atoms with Crippen molar-refractivity contribution in [3.63, 3.8) is 0 Å². The number of Topliss-reactive ketones (excluding diaryl/α,β-unsaturated/α-hetero) is 1. The first-order chi connectivity index (χ1) is 14.5. The maximum absolute atomic E-state index is 12.2. The highest BCUT2D eigenvalue weighted by atomic mass is 16.5. The molecule has 0 aromatic heterocycles. The highest BCUT2D eigenvalue weighted by Gasteiger charge is 2.40. The summed E-state index contributed by atoms with van der Waals surface area (Å²) in [5.41, 5.74) is 0. The molecule has 0 aliphatic heterocycles. The van der Waals surface area contributed by atoms with E-state index in [1.807, 2.05) is 19.1 Å². The zero-order chi connectivity index (χ0) is 22.2. The molecule has 1 aliphatic carbocycles. The minimum Gasteiger partial charge on any atom is -0.466 e. The summed E-state index contributed by atoms with van der Waals surface area (Å²) in [4.78, 5) is 23.7. The number of carbonyl (C=O) groups is 2. The van der Waals surface area contributed by atoms with Crippen LogP contribution in [-0.2, 0) is 14.3 Å². The quantitative estimate of drug-likeness (QED) is 0.192. The van der Waals surface area contributed by atoms with Crippen molar-refractivity contribution in [2.24, 2.45) is 11.8 Å². The van der Waals surface area contributed by atoms with Crippen molar-refractivity contribution in [3.8, 4) is 0 Å². The van der Waals surface area contributed by atoms with E-state index in [4.69, 9.17) is 4.74 Å². The van der Waals surface area contributed by atoms with Crippen LogP contribution < -0.4 is 0 Å². The maximum Gasteiger partial charge on any atom is 0.305 e. The molecule has 0 aromatic rings. The van der Waals surface area contributed by atoms with Crippen molar-refractivity contribution < 1.29 is 24.5 Å². The van der Waals surface area contributed by atoms with Crippen LogP contribution in [0.4, 0.5) is 0 Å². The zero-order valence-electron chi connectivity index (χ0n) is 19.2. The van der Waals surface area contributed by atoms with Crippen LogP contribution >= 0.6 is 0 Å². The van der Waals surface area contributed by atoms with Crippen LogP contribution in [0.2, 0.25) is 0 Å². The number of aliphatic hydroxyl groups excluding tert-OH is 2. The Morgan fingerprint density at radius 1 is 0.867 bits per heavy atom. The summed E-state index contributed by atoms with van der Waals surface area (Å²) in [7, 11) is 0. The van der Waals surface area contributed by atoms with Gasteiger partial charge in [-0.3, -0.25) is 9.59 Å². The number of ketones is 1. The Morgan fingerprint density at radius 2 is 1.60 bits per heavy atom. The topological polar surface area (TPSA) is 83.8 Å². The summed E-state index contributed by atoms with van der Waals surface area (Å²) in [5, 5.41) is 20.7. The molecule has 2 N–H and O–H groups in total.